The van der Waals surface area contributed by atoms with Crippen molar-refractivity contribution in [3.05, 3.63) is 0 Å². The number of carbonyl (C=O) groups excluding carboxylic acids is 1. The van der Waals surface area contributed by atoms with E-state index in [4.69, 9.17) is 4.74 Å². The average molecular weight is 186 g/mol. The van der Waals surface area contributed by atoms with Crippen molar-refractivity contribution >= 4 is 5.97 Å². The third kappa shape index (κ3) is 3.77. The highest BCUT2D eigenvalue weighted by molar-refractivity contribution is 5.68. The number of epoxide rings is 1. The zero-order chi connectivity index (χ0) is 9.68. The molecule has 0 aromatic heterocycles. The van der Waals surface area contributed by atoms with Gasteiger partial charge >= 0.3 is 5.97 Å². The molecular weight excluding hydrogens is 168 g/mol. The van der Waals surface area contributed by atoms with E-state index in [1.807, 2.05) is 0 Å². The van der Waals surface area contributed by atoms with Gasteiger partial charge < -0.3 is 9.47 Å². The molecule has 0 radical (unpaired) electrons. The molecule has 13 heavy (non-hydrogen) atoms. The normalized spacial score (nSPS) is 25.7. The predicted molar refractivity (Wildman–Crippen MR) is 49.4 cm³/mol. The van der Waals surface area contributed by atoms with Gasteiger partial charge in [-0.15, -0.1) is 0 Å². The summed E-state index contributed by atoms with van der Waals surface area (Å²) in [6.45, 7) is 2.16. The van der Waals surface area contributed by atoms with E-state index in [2.05, 4.69) is 11.7 Å². The maximum Gasteiger partial charge on any atom is 0.305 e. The van der Waals surface area contributed by atoms with Crippen LogP contribution in [-0.2, 0) is 14.3 Å². The van der Waals surface area contributed by atoms with Crippen LogP contribution in [0.5, 0.6) is 0 Å². The fourth-order valence-corrected chi connectivity index (χ4v) is 1.52. The zero-order valence-corrected chi connectivity index (χ0v) is 8.41. The van der Waals surface area contributed by atoms with E-state index in [0.717, 1.165) is 19.3 Å². The van der Waals surface area contributed by atoms with Gasteiger partial charge in [-0.3, -0.25) is 4.79 Å². The van der Waals surface area contributed by atoms with Crippen LogP contribution in [0.1, 0.15) is 39.0 Å². The Morgan fingerprint density at radius 2 is 2.08 bits per heavy atom. The summed E-state index contributed by atoms with van der Waals surface area (Å²) in [7, 11) is 1.43. The van der Waals surface area contributed by atoms with Crippen molar-refractivity contribution in [2.75, 3.05) is 7.11 Å². The van der Waals surface area contributed by atoms with E-state index in [1.54, 1.807) is 0 Å². The second-order valence-electron chi connectivity index (χ2n) is 3.47. The fourth-order valence-electron chi connectivity index (χ4n) is 1.52. The minimum Gasteiger partial charge on any atom is -0.469 e. The number of rotatable bonds is 6. The smallest absolute Gasteiger partial charge is 0.305 e. The highest BCUT2D eigenvalue weighted by Gasteiger charge is 2.36. The predicted octanol–water partition coefficient (Wildman–Crippen LogP) is 1.90. The van der Waals surface area contributed by atoms with Gasteiger partial charge in [-0.25, -0.2) is 0 Å². The first-order valence-electron chi connectivity index (χ1n) is 5.00. The number of methoxy groups -OCH3 is 1. The minimum absolute atomic E-state index is 0.118. The molecule has 1 aliphatic heterocycles. The second kappa shape index (κ2) is 5.22. The number of carbonyl (C=O) groups is 1. The van der Waals surface area contributed by atoms with Crippen molar-refractivity contribution in [2.24, 2.45) is 0 Å². The molecule has 2 atom stereocenters. The molecule has 0 aliphatic carbocycles. The molecule has 76 valence electrons. The van der Waals surface area contributed by atoms with Crippen molar-refractivity contribution in [2.45, 2.75) is 51.2 Å². The van der Waals surface area contributed by atoms with Crippen LogP contribution in [-0.4, -0.2) is 25.3 Å². The van der Waals surface area contributed by atoms with Crippen molar-refractivity contribution in [1.82, 2.24) is 0 Å². The number of esters is 1. The fraction of sp³-hybridized carbons (Fsp3) is 0.900. The Balaban J connectivity index is 1.94. The lowest BCUT2D eigenvalue weighted by Crippen LogP contribution is -2.01. The molecule has 0 saturated carbocycles. The lowest BCUT2D eigenvalue weighted by atomic mass is 10.1. The molecule has 2 unspecified atom stereocenters. The van der Waals surface area contributed by atoms with Crippen molar-refractivity contribution in [3.63, 3.8) is 0 Å². The maximum absolute atomic E-state index is 10.8. The average Bonchev–Trinajstić information content (AvgIpc) is 2.84. The first-order valence-corrected chi connectivity index (χ1v) is 5.00. The van der Waals surface area contributed by atoms with Gasteiger partial charge in [0.05, 0.1) is 19.3 Å². The lowest BCUT2D eigenvalue weighted by Gasteiger charge is -1.96. The summed E-state index contributed by atoms with van der Waals surface area (Å²) in [5, 5.41) is 0. The molecule has 1 rings (SSSR count). The molecule has 3 nitrogen and oxygen atoms in total. The summed E-state index contributed by atoms with van der Waals surface area (Å²) in [4.78, 5) is 10.8. The van der Waals surface area contributed by atoms with Crippen LogP contribution in [0.15, 0.2) is 0 Å². The molecule has 0 bridgehead atoms. The second-order valence-corrected chi connectivity index (χ2v) is 3.47. The Kier molecular flexibility index (Phi) is 4.22. The van der Waals surface area contributed by atoms with E-state index in [9.17, 15) is 4.79 Å². The van der Waals surface area contributed by atoms with E-state index < -0.39 is 0 Å². The van der Waals surface area contributed by atoms with Crippen molar-refractivity contribution < 1.29 is 14.3 Å². The molecule has 0 amide bonds. The Morgan fingerprint density at radius 1 is 1.38 bits per heavy atom. The summed E-state index contributed by atoms with van der Waals surface area (Å²) in [5.74, 6) is -0.118. The Hall–Kier alpha value is -0.570. The Morgan fingerprint density at radius 3 is 2.69 bits per heavy atom. The van der Waals surface area contributed by atoms with E-state index in [-0.39, 0.29) is 5.97 Å². The zero-order valence-electron chi connectivity index (χ0n) is 8.41. The summed E-state index contributed by atoms with van der Waals surface area (Å²) < 4.78 is 9.97. The maximum atomic E-state index is 10.8. The molecule has 1 heterocycles. The molecule has 3 heteroatoms. The summed E-state index contributed by atoms with van der Waals surface area (Å²) in [5.41, 5.74) is 0. The van der Waals surface area contributed by atoms with Gasteiger partial charge in [0.25, 0.3) is 0 Å². The number of ether oxygens (including phenoxy) is 2. The molecule has 0 spiro atoms. The van der Waals surface area contributed by atoms with Gasteiger partial charge in [-0.05, 0) is 19.3 Å². The van der Waals surface area contributed by atoms with Gasteiger partial charge in [0.1, 0.15) is 0 Å². The highest BCUT2D eigenvalue weighted by Crippen LogP contribution is 2.30. The Labute approximate surface area is 79.4 Å². The third-order valence-corrected chi connectivity index (χ3v) is 2.36. The van der Waals surface area contributed by atoms with Crippen LogP contribution < -0.4 is 0 Å². The number of hydrogen-bond acceptors (Lipinski definition) is 3. The highest BCUT2D eigenvalue weighted by atomic mass is 16.6. The minimum atomic E-state index is -0.118. The Bertz CT molecular complexity index is 168. The molecule has 0 N–H and O–H groups in total. The molecular formula is C10H18O3. The first-order chi connectivity index (χ1) is 6.27. The van der Waals surface area contributed by atoms with E-state index in [0.29, 0.717) is 18.6 Å². The van der Waals surface area contributed by atoms with Gasteiger partial charge in [0.2, 0.25) is 0 Å². The quantitative estimate of drug-likeness (QED) is 0.469. The molecule has 1 aliphatic rings. The van der Waals surface area contributed by atoms with Gasteiger partial charge in [0.15, 0.2) is 0 Å². The van der Waals surface area contributed by atoms with Crippen molar-refractivity contribution in [3.8, 4) is 0 Å². The molecule has 0 aromatic rings. The van der Waals surface area contributed by atoms with E-state index in [1.165, 1.54) is 13.5 Å². The SMILES string of the molecule is CCCC1OC1CCCC(=O)OC. The van der Waals surface area contributed by atoms with E-state index >= 15 is 0 Å². The molecule has 0 aromatic carbocycles. The van der Waals surface area contributed by atoms with Crippen LogP contribution in [0.3, 0.4) is 0 Å². The lowest BCUT2D eigenvalue weighted by molar-refractivity contribution is -0.140. The van der Waals surface area contributed by atoms with Gasteiger partial charge in [-0.2, -0.15) is 0 Å². The van der Waals surface area contributed by atoms with Crippen LogP contribution >= 0.6 is 0 Å². The standard InChI is InChI=1S/C10H18O3/c1-3-5-8-9(13-8)6-4-7-10(11)12-2/h8-9H,3-7H2,1-2H3. The third-order valence-electron chi connectivity index (χ3n) is 2.36. The topological polar surface area (TPSA) is 38.8 Å². The van der Waals surface area contributed by atoms with Gasteiger partial charge in [-0.1, -0.05) is 13.3 Å². The van der Waals surface area contributed by atoms with Crippen molar-refractivity contribution in [1.29, 1.82) is 0 Å². The largest absolute Gasteiger partial charge is 0.469 e. The van der Waals surface area contributed by atoms with Gasteiger partial charge in [0, 0.05) is 6.42 Å². The number of hydrogen-bond donors (Lipinski definition) is 0. The monoisotopic (exact) mass is 186 g/mol. The molecule has 1 fully saturated rings. The van der Waals surface area contributed by atoms with Crippen LogP contribution in [0.2, 0.25) is 0 Å². The summed E-state index contributed by atoms with van der Waals surface area (Å²) >= 11 is 0. The summed E-state index contributed by atoms with van der Waals surface area (Å²) in [6, 6.07) is 0. The summed E-state index contributed by atoms with van der Waals surface area (Å²) in [6.07, 6.45) is 5.64. The molecule has 1 saturated heterocycles. The van der Waals surface area contributed by atoms with Crippen LogP contribution in [0.4, 0.5) is 0 Å². The van der Waals surface area contributed by atoms with Crippen LogP contribution in [0, 0.1) is 0 Å². The van der Waals surface area contributed by atoms with Crippen LogP contribution in [0.25, 0.3) is 0 Å². The first kappa shape index (κ1) is 10.5.